The van der Waals surface area contributed by atoms with Gasteiger partial charge in [-0.05, 0) is 18.6 Å². The molecule has 0 aliphatic heterocycles. The summed E-state index contributed by atoms with van der Waals surface area (Å²) in [5.41, 5.74) is 2.48. The van der Waals surface area contributed by atoms with Crippen LogP contribution in [0.5, 0.6) is 0 Å². The number of hydrogen-bond acceptors (Lipinski definition) is 4. The number of aromatic carboxylic acids is 1. The van der Waals surface area contributed by atoms with E-state index >= 15 is 0 Å². The van der Waals surface area contributed by atoms with E-state index in [2.05, 4.69) is 20.9 Å². The molecule has 0 bridgehead atoms. The molecule has 0 atom stereocenters. The minimum absolute atomic E-state index is 0.200. The Morgan fingerprint density at radius 2 is 2.26 bits per heavy atom. The van der Waals surface area contributed by atoms with Crippen LogP contribution < -0.4 is 0 Å². The lowest BCUT2D eigenvalue weighted by molar-refractivity contribution is 0.0697. The maximum atomic E-state index is 11.2. The molecule has 0 aliphatic carbocycles. The Bertz CT molecular complexity index is 624. The molecular weight excluding hydrogens is 330 g/mol. The van der Waals surface area contributed by atoms with Gasteiger partial charge in [-0.1, -0.05) is 28.1 Å². The molecule has 2 aromatic rings. The maximum absolute atomic E-state index is 11.2. The predicted molar refractivity (Wildman–Crippen MR) is 77.7 cm³/mol. The molecule has 0 unspecified atom stereocenters. The number of carboxylic acids is 1. The molecule has 6 heteroatoms. The van der Waals surface area contributed by atoms with Crippen LogP contribution in [-0.4, -0.2) is 23.2 Å². The van der Waals surface area contributed by atoms with Crippen molar-refractivity contribution >= 4 is 33.2 Å². The van der Waals surface area contributed by atoms with Crippen LogP contribution in [0.2, 0.25) is 0 Å². The second-order valence-corrected chi connectivity index (χ2v) is 5.85. The molecule has 2 rings (SSSR count). The van der Waals surface area contributed by atoms with Crippen molar-refractivity contribution in [2.75, 3.05) is 7.11 Å². The van der Waals surface area contributed by atoms with Gasteiger partial charge in [0.05, 0.1) is 12.3 Å². The lowest BCUT2D eigenvalue weighted by atomic mass is 10.2. The number of nitrogens with zero attached hydrogens (tertiary/aromatic N) is 1. The van der Waals surface area contributed by atoms with Gasteiger partial charge in [-0.3, -0.25) is 0 Å². The van der Waals surface area contributed by atoms with E-state index in [1.165, 1.54) is 7.11 Å². The number of rotatable bonds is 4. The van der Waals surface area contributed by atoms with E-state index in [0.717, 1.165) is 26.9 Å². The van der Waals surface area contributed by atoms with E-state index in [-0.39, 0.29) is 11.5 Å². The van der Waals surface area contributed by atoms with Crippen LogP contribution in [0.15, 0.2) is 22.7 Å². The molecule has 0 fully saturated rings. The van der Waals surface area contributed by atoms with Crippen LogP contribution in [0.3, 0.4) is 0 Å². The molecule has 0 aliphatic rings. The third-order valence-corrected chi connectivity index (χ3v) is 4.58. The first-order chi connectivity index (χ1) is 9.02. The van der Waals surface area contributed by atoms with E-state index < -0.39 is 5.97 Å². The number of halogens is 1. The summed E-state index contributed by atoms with van der Waals surface area (Å²) < 4.78 is 5.96. The molecular formula is C13H12BrNO3S. The van der Waals surface area contributed by atoms with Gasteiger partial charge in [0.15, 0.2) is 0 Å². The van der Waals surface area contributed by atoms with Crippen molar-refractivity contribution in [3.05, 3.63) is 38.8 Å². The molecule has 0 radical (unpaired) electrons. The lowest BCUT2D eigenvalue weighted by Gasteiger charge is -2.00. The van der Waals surface area contributed by atoms with Crippen molar-refractivity contribution in [3.63, 3.8) is 0 Å². The molecule has 0 saturated carbocycles. The molecule has 0 saturated heterocycles. The van der Waals surface area contributed by atoms with Gasteiger partial charge < -0.3 is 9.84 Å². The van der Waals surface area contributed by atoms with Crippen molar-refractivity contribution in [1.82, 2.24) is 4.98 Å². The van der Waals surface area contributed by atoms with E-state index in [1.807, 2.05) is 25.1 Å². The highest BCUT2D eigenvalue weighted by molar-refractivity contribution is 9.10. The number of methoxy groups -OCH3 is 1. The van der Waals surface area contributed by atoms with Gasteiger partial charge >= 0.3 is 5.97 Å². The zero-order valence-corrected chi connectivity index (χ0v) is 12.8. The average molecular weight is 342 g/mol. The number of ether oxygens (including phenoxy) is 1. The first-order valence-corrected chi connectivity index (χ1v) is 7.12. The Labute approximate surface area is 123 Å². The van der Waals surface area contributed by atoms with Crippen molar-refractivity contribution in [2.24, 2.45) is 0 Å². The Morgan fingerprint density at radius 3 is 2.84 bits per heavy atom. The van der Waals surface area contributed by atoms with Gasteiger partial charge in [0.1, 0.15) is 9.88 Å². The second kappa shape index (κ2) is 5.81. The van der Waals surface area contributed by atoms with Crippen LogP contribution in [0, 0.1) is 6.92 Å². The SMILES string of the molecule is COCc1nc(-c2ccc(C)c(Br)c2)sc1C(=O)O. The number of carboxylic acid groups (broad SMARTS) is 1. The summed E-state index contributed by atoms with van der Waals surface area (Å²) in [7, 11) is 1.52. The summed E-state index contributed by atoms with van der Waals surface area (Å²) in [5, 5.41) is 9.84. The molecule has 4 nitrogen and oxygen atoms in total. The molecule has 100 valence electrons. The van der Waals surface area contributed by atoms with E-state index in [1.54, 1.807) is 0 Å². The number of aromatic nitrogens is 1. The van der Waals surface area contributed by atoms with Crippen molar-refractivity contribution < 1.29 is 14.6 Å². The molecule has 0 amide bonds. The fourth-order valence-electron chi connectivity index (χ4n) is 1.60. The third kappa shape index (κ3) is 3.02. The summed E-state index contributed by atoms with van der Waals surface area (Å²) in [4.78, 5) is 15.8. The summed E-state index contributed by atoms with van der Waals surface area (Å²) in [5.74, 6) is -0.970. The molecule has 1 heterocycles. The quantitative estimate of drug-likeness (QED) is 0.920. The van der Waals surface area contributed by atoms with Crippen molar-refractivity contribution in [3.8, 4) is 10.6 Å². The van der Waals surface area contributed by atoms with Crippen LogP contribution in [-0.2, 0) is 11.3 Å². The number of aryl methyl sites for hydroxylation is 1. The zero-order chi connectivity index (χ0) is 14.0. The molecule has 19 heavy (non-hydrogen) atoms. The highest BCUT2D eigenvalue weighted by Crippen LogP contribution is 2.31. The van der Waals surface area contributed by atoms with Crippen molar-refractivity contribution in [1.29, 1.82) is 0 Å². The Kier molecular flexibility index (Phi) is 4.34. The topological polar surface area (TPSA) is 59.4 Å². The summed E-state index contributed by atoms with van der Waals surface area (Å²) in [6.45, 7) is 2.19. The van der Waals surface area contributed by atoms with E-state index in [9.17, 15) is 4.79 Å². The highest BCUT2D eigenvalue weighted by atomic mass is 79.9. The van der Waals surface area contributed by atoms with Crippen LogP contribution >= 0.6 is 27.3 Å². The number of hydrogen-bond donors (Lipinski definition) is 1. The first kappa shape index (κ1) is 14.2. The van der Waals surface area contributed by atoms with Gasteiger partial charge in [0.25, 0.3) is 0 Å². The van der Waals surface area contributed by atoms with Crippen LogP contribution in [0.1, 0.15) is 20.9 Å². The standard InChI is InChI=1S/C13H12BrNO3S/c1-7-3-4-8(5-9(7)14)12-15-10(6-18-2)11(19-12)13(16)17/h3-5H,6H2,1-2H3,(H,16,17). The summed E-state index contributed by atoms with van der Waals surface area (Å²) >= 11 is 4.63. The minimum atomic E-state index is -0.970. The van der Waals surface area contributed by atoms with Gasteiger partial charge in [0, 0.05) is 17.1 Å². The Hall–Kier alpha value is -1.24. The van der Waals surface area contributed by atoms with Gasteiger partial charge in [-0.2, -0.15) is 0 Å². The third-order valence-electron chi connectivity index (χ3n) is 2.59. The predicted octanol–water partition coefficient (Wildman–Crippen LogP) is 3.73. The van der Waals surface area contributed by atoms with Crippen LogP contribution in [0.25, 0.3) is 10.6 Å². The Balaban J connectivity index is 2.47. The smallest absolute Gasteiger partial charge is 0.347 e. The minimum Gasteiger partial charge on any atom is -0.477 e. The first-order valence-electron chi connectivity index (χ1n) is 5.51. The second-order valence-electron chi connectivity index (χ2n) is 4.00. The summed E-state index contributed by atoms with van der Waals surface area (Å²) in [6.07, 6.45) is 0. The normalized spacial score (nSPS) is 10.7. The molecule has 1 aromatic heterocycles. The van der Waals surface area contributed by atoms with Gasteiger partial charge in [-0.15, -0.1) is 11.3 Å². The van der Waals surface area contributed by atoms with E-state index in [0.29, 0.717) is 10.7 Å². The molecule has 0 spiro atoms. The highest BCUT2D eigenvalue weighted by Gasteiger charge is 2.18. The fourth-order valence-corrected chi connectivity index (χ4v) is 2.89. The fraction of sp³-hybridized carbons (Fsp3) is 0.231. The zero-order valence-electron chi connectivity index (χ0n) is 10.4. The summed E-state index contributed by atoms with van der Waals surface area (Å²) in [6, 6.07) is 5.84. The maximum Gasteiger partial charge on any atom is 0.347 e. The Morgan fingerprint density at radius 1 is 1.53 bits per heavy atom. The van der Waals surface area contributed by atoms with Gasteiger partial charge in [-0.25, -0.2) is 9.78 Å². The molecule has 1 aromatic carbocycles. The monoisotopic (exact) mass is 341 g/mol. The number of benzene rings is 1. The molecule has 1 N–H and O–H groups in total. The van der Waals surface area contributed by atoms with Crippen molar-refractivity contribution in [2.45, 2.75) is 13.5 Å². The van der Waals surface area contributed by atoms with E-state index in [4.69, 9.17) is 9.84 Å². The lowest BCUT2D eigenvalue weighted by Crippen LogP contribution is -1.99. The average Bonchev–Trinajstić information content (AvgIpc) is 2.77. The number of thiazole rings is 1. The number of carbonyl (C=O) groups is 1. The van der Waals surface area contributed by atoms with Crippen LogP contribution in [0.4, 0.5) is 0 Å². The largest absolute Gasteiger partial charge is 0.477 e. The van der Waals surface area contributed by atoms with Gasteiger partial charge in [0.2, 0.25) is 0 Å².